The van der Waals surface area contributed by atoms with E-state index >= 15 is 0 Å². The number of benzene rings is 2. The number of nitrogens with one attached hydrogen (secondary N) is 3. The van der Waals surface area contributed by atoms with Gasteiger partial charge in [-0.25, -0.2) is 14.4 Å². The summed E-state index contributed by atoms with van der Waals surface area (Å²) >= 11 is 0. The maximum atomic E-state index is 14.4. The summed E-state index contributed by atoms with van der Waals surface area (Å²) in [6, 6.07) is 13.8. The van der Waals surface area contributed by atoms with Gasteiger partial charge in [0.2, 0.25) is 5.91 Å². The van der Waals surface area contributed by atoms with Crippen LogP contribution in [0.2, 0.25) is 0 Å². The van der Waals surface area contributed by atoms with Crippen LogP contribution in [0.3, 0.4) is 0 Å². The molecule has 0 spiro atoms. The monoisotopic (exact) mass is 672 g/mol. The molecule has 0 radical (unpaired) electrons. The number of nitrogens with zero attached hydrogens (tertiary/aromatic N) is 1. The van der Waals surface area contributed by atoms with E-state index in [1.54, 1.807) is 6.07 Å². The summed E-state index contributed by atoms with van der Waals surface area (Å²) in [4.78, 5) is 55.1. The summed E-state index contributed by atoms with van der Waals surface area (Å²) in [5.74, 6) is -0.483. The molecule has 3 atom stereocenters. The Bertz CT molecular complexity index is 1480. The standard InChI is InChI=1S/C39H52N4O6/c1-25(2)32-23-43(37(47)41-32)39(36(45)46)21-29-18-19-31(20-30(29)22-39)40-35(44)34(42-38(48)49-24-26-12-6-3-7-13-26)33(27-14-8-4-9-15-27)28-16-10-5-11-17-28/h3,6-7,12-13,18-20,25,27-28,32-34H,4-5,8-11,14-17,21-24H2,1-2H3,(H,40,44)(H,41,47)(H,42,48)(H,45,46)/t32-,34-,39?/m0/s1. The Morgan fingerprint density at radius 1 is 0.918 bits per heavy atom. The van der Waals surface area contributed by atoms with Gasteiger partial charge in [0.1, 0.15) is 18.2 Å². The third kappa shape index (κ3) is 7.73. The fourth-order valence-electron chi connectivity index (χ4n) is 8.91. The van der Waals surface area contributed by atoms with Gasteiger partial charge in [0.25, 0.3) is 0 Å². The lowest BCUT2D eigenvalue weighted by atomic mass is 9.66. The zero-order valence-electron chi connectivity index (χ0n) is 28.9. The van der Waals surface area contributed by atoms with Crippen molar-refractivity contribution in [3.8, 4) is 0 Å². The van der Waals surface area contributed by atoms with Crippen molar-refractivity contribution in [1.29, 1.82) is 0 Å². The lowest BCUT2D eigenvalue weighted by molar-refractivity contribution is -0.148. The van der Waals surface area contributed by atoms with E-state index in [1.165, 1.54) is 17.7 Å². The van der Waals surface area contributed by atoms with Crippen molar-refractivity contribution in [3.63, 3.8) is 0 Å². The molecular formula is C39H52N4O6. The molecule has 49 heavy (non-hydrogen) atoms. The molecule has 264 valence electrons. The van der Waals surface area contributed by atoms with E-state index in [1.807, 2.05) is 56.3 Å². The minimum absolute atomic E-state index is 0.0125. The van der Waals surface area contributed by atoms with E-state index in [-0.39, 0.29) is 49.3 Å². The highest BCUT2D eigenvalue weighted by molar-refractivity contribution is 5.97. The Hall–Kier alpha value is -4.08. The molecule has 4 amide bonds. The first-order valence-electron chi connectivity index (χ1n) is 18.4. The summed E-state index contributed by atoms with van der Waals surface area (Å²) in [6.07, 6.45) is 10.8. The zero-order chi connectivity index (χ0) is 34.5. The van der Waals surface area contributed by atoms with Crippen LogP contribution in [-0.4, -0.2) is 58.2 Å². The topological polar surface area (TPSA) is 137 Å². The number of amides is 4. The van der Waals surface area contributed by atoms with Crippen LogP contribution in [0, 0.1) is 23.7 Å². The summed E-state index contributed by atoms with van der Waals surface area (Å²) in [5, 5.41) is 19.6. The molecule has 1 aliphatic heterocycles. The van der Waals surface area contributed by atoms with Gasteiger partial charge in [-0.1, -0.05) is 114 Å². The van der Waals surface area contributed by atoms with Crippen molar-refractivity contribution in [2.75, 3.05) is 11.9 Å². The number of ether oxygens (including phenoxy) is 1. The van der Waals surface area contributed by atoms with Gasteiger partial charge in [0.15, 0.2) is 0 Å². The minimum Gasteiger partial charge on any atom is -0.479 e. The second-order valence-electron chi connectivity index (χ2n) is 15.1. The Kier molecular flexibility index (Phi) is 10.8. The number of hydrogen-bond acceptors (Lipinski definition) is 5. The van der Waals surface area contributed by atoms with E-state index in [0.717, 1.165) is 68.1 Å². The SMILES string of the molecule is CC(C)[C@@H]1CN(C2(C(=O)O)Cc3ccc(NC(=O)[C@@H](NC(=O)OCc4ccccc4)C(C4CCCCC4)C4CCCCC4)cc3C2)C(=O)N1. The third-order valence-corrected chi connectivity index (χ3v) is 11.6. The van der Waals surface area contributed by atoms with Gasteiger partial charge in [0, 0.05) is 25.1 Å². The van der Waals surface area contributed by atoms with Crippen molar-refractivity contribution >= 4 is 29.7 Å². The lowest BCUT2D eigenvalue weighted by Crippen LogP contribution is -2.56. The highest BCUT2D eigenvalue weighted by atomic mass is 16.5. The maximum absolute atomic E-state index is 14.4. The van der Waals surface area contributed by atoms with E-state index in [2.05, 4.69) is 16.0 Å². The molecular weight excluding hydrogens is 620 g/mol. The number of rotatable bonds is 11. The van der Waals surface area contributed by atoms with Crippen molar-refractivity contribution in [2.45, 2.75) is 115 Å². The molecule has 10 heteroatoms. The van der Waals surface area contributed by atoms with Gasteiger partial charge in [0.05, 0.1) is 6.04 Å². The maximum Gasteiger partial charge on any atom is 0.408 e. The van der Waals surface area contributed by atoms with E-state index in [0.29, 0.717) is 24.1 Å². The quantitative estimate of drug-likeness (QED) is 0.211. The number of carbonyl (C=O) groups is 4. The Balaban J connectivity index is 1.23. The number of carboxylic acids is 1. The fraction of sp³-hybridized carbons (Fsp3) is 0.590. The van der Waals surface area contributed by atoms with Gasteiger partial charge in [-0.3, -0.25) is 4.79 Å². The number of alkyl carbamates (subject to hydrolysis) is 1. The number of carboxylic acid groups (broad SMARTS) is 1. The van der Waals surface area contributed by atoms with Gasteiger partial charge < -0.3 is 30.7 Å². The van der Waals surface area contributed by atoms with Gasteiger partial charge in [-0.15, -0.1) is 0 Å². The zero-order valence-corrected chi connectivity index (χ0v) is 28.9. The lowest BCUT2D eigenvalue weighted by Gasteiger charge is -2.41. The molecule has 2 aromatic rings. The average molecular weight is 673 g/mol. The summed E-state index contributed by atoms with van der Waals surface area (Å²) < 4.78 is 5.65. The summed E-state index contributed by atoms with van der Waals surface area (Å²) in [7, 11) is 0. The predicted octanol–water partition coefficient (Wildman–Crippen LogP) is 6.67. The molecule has 0 aromatic heterocycles. The van der Waals surface area contributed by atoms with Crippen LogP contribution >= 0.6 is 0 Å². The molecule has 1 unspecified atom stereocenters. The van der Waals surface area contributed by atoms with Crippen LogP contribution in [0.4, 0.5) is 15.3 Å². The van der Waals surface area contributed by atoms with E-state index in [4.69, 9.17) is 4.74 Å². The van der Waals surface area contributed by atoms with E-state index in [9.17, 15) is 24.3 Å². The third-order valence-electron chi connectivity index (χ3n) is 11.6. The number of urea groups is 1. The Morgan fingerprint density at radius 3 is 2.14 bits per heavy atom. The highest BCUT2D eigenvalue weighted by Crippen LogP contribution is 2.43. The molecule has 1 saturated heterocycles. The molecule has 10 nitrogen and oxygen atoms in total. The molecule has 4 aliphatic rings. The first-order valence-corrected chi connectivity index (χ1v) is 18.4. The molecule has 4 N–H and O–H groups in total. The van der Waals surface area contributed by atoms with Crippen LogP contribution < -0.4 is 16.0 Å². The number of aliphatic carboxylic acids is 1. The summed E-state index contributed by atoms with van der Waals surface area (Å²) in [5.41, 5.74) is 1.67. The van der Waals surface area contributed by atoms with Gasteiger partial charge >= 0.3 is 18.1 Å². The normalized spacial score (nSPS) is 23.6. The van der Waals surface area contributed by atoms with E-state index < -0.39 is 23.6 Å². The van der Waals surface area contributed by atoms with Crippen LogP contribution in [0.25, 0.3) is 0 Å². The smallest absolute Gasteiger partial charge is 0.408 e. The van der Waals surface area contributed by atoms with Crippen LogP contribution in [0.15, 0.2) is 48.5 Å². The van der Waals surface area contributed by atoms with Gasteiger partial charge in [-0.05, 0) is 52.5 Å². The van der Waals surface area contributed by atoms with Crippen molar-refractivity contribution in [2.24, 2.45) is 23.7 Å². The average Bonchev–Trinajstić information content (AvgIpc) is 3.70. The molecule has 2 aromatic carbocycles. The molecule has 6 rings (SSSR count). The molecule has 1 heterocycles. The molecule has 3 aliphatic carbocycles. The molecule has 3 fully saturated rings. The first kappa shape index (κ1) is 34.8. The summed E-state index contributed by atoms with van der Waals surface area (Å²) in [6.45, 7) is 4.47. The Morgan fingerprint density at radius 2 is 1.55 bits per heavy atom. The Labute approximate surface area is 289 Å². The second-order valence-corrected chi connectivity index (χ2v) is 15.1. The number of hydrogen-bond donors (Lipinski definition) is 4. The van der Waals surface area contributed by atoms with Crippen LogP contribution in [0.1, 0.15) is 94.7 Å². The second kappa shape index (κ2) is 15.2. The van der Waals surface area contributed by atoms with Gasteiger partial charge in [-0.2, -0.15) is 0 Å². The first-order chi connectivity index (χ1) is 23.6. The predicted molar refractivity (Wildman–Crippen MR) is 187 cm³/mol. The number of anilines is 1. The van der Waals surface area contributed by atoms with Crippen LogP contribution in [0.5, 0.6) is 0 Å². The highest BCUT2D eigenvalue weighted by Gasteiger charge is 2.54. The number of fused-ring (bicyclic) bond motifs is 1. The molecule has 2 saturated carbocycles. The number of carbonyl (C=O) groups excluding carboxylic acids is 3. The largest absolute Gasteiger partial charge is 0.479 e. The van der Waals surface area contributed by atoms with Crippen molar-refractivity contribution in [3.05, 3.63) is 65.2 Å². The van der Waals surface area contributed by atoms with Crippen LogP contribution in [-0.2, 0) is 33.8 Å². The minimum atomic E-state index is -1.39. The van der Waals surface area contributed by atoms with Crippen molar-refractivity contribution < 1.29 is 29.0 Å². The van der Waals surface area contributed by atoms with Crippen molar-refractivity contribution in [1.82, 2.24) is 15.5 Å². The molecule has 0 bridgehead atoms. The fourth-order valence-corrected chi connectivity index (χ4v) is 8.91.